The van der Waals surface area contributed by atoms with Crippen LogP contribution in [0.25, 0.3) is 11.1 Å². The molecule has 1 fully saturated rings. The second kappa shape index (κ2) is 8.00. The molecule has 1 saturated heterocycles. The largest absolute Gasteiger partial charge is 0.478 e. The van der Waals surface area contributed by atoms with Crippen LogP contribution in [0.15, 0.2) is 42.6 Å². The second-order valence-electron chi connectivity index (χ2n) is 8.12. The molecule has 6 heteroatoms. The minimum Gasteiger partial charge on any atom is -0.478 e. The zero-order valence-corrected chi connectivity index (χ0v) is 16.5. The van der Waals surface area contributed by atoms with Gasteiger partial charge < -0.3 is 14.7 Å². The molecule has 2 aromatic rings. The van der Waals surface area contributed by atoms with E-state index in [2.05, 4.69) is 4.98 Å². The van der Waals surface area contributed by atoms with E-state index in [1.54, 1.807) is 35.4 Å². The molecule has 0 radical (unpaired) electrons. The summed E-state index contributed by atoms with van der Waals surface area (Å²) in [7, 11) is 0. The zero-order valence-electron chi connectivity index (χ0n) is 16.5. The normalized spacial score (nSPS) is 17.2. The molecule has 0 saturated carbocycles. The number of carboxylic acid groups (broad SMARTS) is 1. The van der Waals surface area contributed by atoms with Crippen molar-refractivity contribution in [3.8, 4) is 11.1 Å². The number of nitrogens with zero attached hydrogens (tertiary/aromatic N) is 2. The molecule has 1 aliphatic rings. The number of pyridine rings is 1. The number of rotatable bonds is 3. The monoisotopic (exact) mass is 382 g/mol. The number of aromatic nitrogens is 1. The van der Waals surface area contributed by atoms with Gasteiger partial charge in [-0.25, -0.2) is 9.59 Å². The summed E-state index contributed by atoms with van der Waals surface area (Å²) < 4.78 is 5.49. The average molecular weight is 382 g/mol. The summed E-state index contributed by atoms with van der Waals surface area (Å²) in [5, 5.41) is 9.00. The zero-order chi connectivity index (χ0) is 20.3. The van der Waals surface area contributed by atoms with Gasteiger partial charge in [0.15, 0.2) is 0 Å². The summed E-state index contributed by atoms with van der Waals surface area (Å²) in [6.45, 7) is 6.93. The number of hydrogen-bond acceptors (Lipinski definition) is 4. The Morgan fingerprint density at radius 2 is 1.79 bits per heavy atom. The van der Waals surface area contributed by atoms with E-state index < -0.39 is 11.6 Å². The van der Waals surface area contributed by atoms with E-state index in [-0.39, 0.29) is 17.6 Å². The topological polar surface area (TPSA) is 79.7 Å². The predicted molar refractivity (Wildman–Crippen MR) is 106 cm³/mol. The highest BCUT2D eigenvalue weighted by atomic mass is 16.6. The van der Waals surface area contributed by atoms with Crippen LogP contribution in [0.1, 0.15) is 55.6 Å². The molecule has 1 atom stereocenters. The molecule has 0 aliphatic carbocycles. The third kappa shape index (κ3) is 4.88. The van der Waals surface area contributed by atoms with Crippen molar-refractivity contribution >= 4 is 12.1 Å². The molecule has 1 amide bonds. The Bertz CT molecular complexity index is 838. The van der Waals surface area contributed by atoms with Gasteiger partial charge in [-0.3, -0.25) is 4.98 Å². The van der Waals surface area contributed by atoms with Crippen molar-refractivity contribution in [2.45, 2.75) is 45.1 Å². The molecule has 0 bridgehead atoms. The molecular weight excluding hydrogens is 356 g/mol. The highest BCUT2D eigenvalue weighted by Crippen LogP contribution is 2.28. The van der Waals surface area contributed by atoms with Crippen LogP contribution >= 0.6 is 0 Å². The maximum absolute atomic E-state index is 12.3. The fraction of sp³-hybridized carbons (Fsp3) is 0.409. The van der Waals surface area contributed by atoms with Gasteiger partial charge in [0.05, 0.1) is 5.56 Å². The molecule has 1 aromatic carbocycles. The highest BCUT2D eigenvalue weighted by Gasteiger charge is 2.28. The fourth-order valence-corrected chi connectivity index (χ4v) is 3.33. The van der Waals surface area contributed by atoms with E-state index in [0.29, 0.717) is 13.1 Å². The number of amides is 1. The fourth-order valence-electron chi connectivity index (χ4n) is 3.33. The standard InChI is InChI=1S/C22H26N2O4/c1-22(2,3)28-21(27)24-12-4-5-18(14-24)19-11-10-17(13-23-19)15-6-8-16(9-7-15)20(25)26/h6-11,13,18H,4-5,12,14H2,1-3H3,(H,25,26). The second-order valence-corrected chi connectivity index (χ2v) is 8.12. The summed E-state index contributed by atoms with van der Waals surface area (Å²) in [6.07, 6.45) is 3.44. The maximum Gasteiger partial charge on any atom is 0.410 e. The predicted octanol–water partition coefficient (Wildman–Crippen LogP) is 4.56. The molecule has 2 heterocycles. The molecule has 6 nitrogen and oxygen atoms in total. The number of carbonyl (C=O) groups is 2. The number of hydrogen-bond donors (Lipinski definition) is 1. The van der Waals surface area contributed by atoms with Crippen molar-refractivity contribution in [1.29, 1.82) is 0 Å². The van der Waals surface area contributed by atoms with Crippen LogP contribution in [0.4, 0.5) is 4.79 Å². The van der Waals surface area contributed by atoms with Crippen molar-refractivity contribution in [2.24, 2.45) is 0 Å². The first-order valence-corrected chi connectivity index (χ1v) is 9.50. The van der Waals surface area contributed by atoms with Crippen molar-refractivity contribution in [3.63, 3.8) is 0 Å². The van der Waals surface area contributed by atoms with Crippen molar-refractivity contribution in [3.05, 3.63) is 53.9 Å². The van der Waals surface area contributed by atoms with E-state index in [1.165, 1.54) is 0 Å². The third-order valence-electron chi connectivity index (χ3n) is 4.74. The van der Waals surface area contributed by atoms with Gasteiger partial charge in [-0.05, 0) is 57.4 Å². The van der Waals surface area contributed by atoms with Gasteiger partial charge in [-0.1, -0.05) is 18.2 Å². The Kier molecular flexibility index (Phi) is 5.68. The van der Waals surface area contributed by atoms with Crippen LogP contribution in [0.5, 0.6) is 0 Å². The lowest BCUT2D eigenvalue weighted by atomic mass is 9.94. The summed E-state index contributed by atoms with van der Waals surface area (Å²) in [5.74, 6) is -0.753. The van der Waals surface area contributed by atoms with Crippen molar-refractivity contribution in [2.75, 3.05) is 13.1 Å². The Hall–Kier alpha value is -2.89. The van der Waals surface area contributed by atoms with E-state index in [9.17, 15) is 9.59 Å². The number of carbonyl (C=O) groups excluding carboxylic acids is 1. The maximum atomic E-state index is 12.3. The quantitative estimate of drug-likeness (QED) is 0.842. The minimum absolute atomic E-state index is 0.185. The van der Waals surface area contributed by atoms with Gasteiger partial charge >= 0.3 is 12.1 Å². The van der Waals surface area contributed by atoms with E-state index >= 15 is 0 Å². The summed E-state index contributed by atoms with van der Waals surface area (Å²) >= 11 is 0. The van der Waals surface area contributed by atoms with Gasteiger partial charge in [-0.2, -0.15) is 0 Å². The summed E-state index contributed by atoms with van der Waals surface area (Å²) in [5.41, 5.74) is 2.57. The molecule has 148 valence electrons. The lowest BCUT2D eigenvalue weighted by Gasteiger charge is -2.34. The molecular formula is C22H26N2O4. The first-order valence-electron chi connectivity index (χ1n) is 9.50. The van der Waals surface area contributed by atoms with E-state index in [0.717, 1.165) is 29.7 Å². The molecule has 28 heavy (non-hydrogen) atoms. The van der Waals surface area contributed by atoms with Crippen LogP contribution in [-0.4, -0.2) is 45.7 Å². The van der Waals surface area contributed by atoms with Gasteiger partial charge in [0, 0.05) is 36.5 Å². The molecule has 1 aliphatic heterocycles. The Morgan fingerprint density at radius 1 is 1.11 bits per heavy atom. The molecule has 1 aromatic heterocycles. The van der Waals surface area contributed by atoms with Gasteiger partial charge in [0.1, 0.15) is 5.60 Å². The lowest BCUT2D eigenvalue weighted by Crippen LogP contribution is -2.42. The number of benzene rings is 1. The Labute approximate surface area is 165 Å². The number of likely N-dealkylation sites (tertiary alicyclic amines) is 1. The Morgan fingerprint density at radius 3 is 2.36 bits per heavy atom. The molecule has 3 rings (SSSR count). The SMILES string of the molecule is CC(C)(C)OC(=O)N1CCCC(c2ccc(-c3ccc(C(=O)O)cc3)cn2)C1. The van der Waals surface area contributed by atoms with Crippen LogP contribution < -0.4 is 0 Å². The first-order chi connectivity index (χ1) is 13.2. The van der Waals surface area contributed by atoms with Gasteiger partial charge in [0.2, 0.25) is 0 Å². The van der Waals surface area contributed by atoms with E-state index in [1.807, 2.05) is 32.9 Å². The number of ether oxygens (including phenoxy) is 1. The third-order valence-corrected chi connectivity index (χ3v) is 4.74. The Balaban J connectivity index is 1.69. The number of carboxylic acids is 1. The summed E-state index contributed by atoms with van der Waals surface area (Å²) in [6, 6.07) is 10.7. The van der Waals surface area contributed by atoms with Gasteiger partial charge in [0.25, 0.3) is 0 Å². The molecule has 1 unspecified atom stereocenters. The number of piperidine rings is 1. The van der Waals surface area contributed by atoms with Crippen LogP contribution in [-0.2, 0) is 4.74 Å². The number of aromatic carboxylic acids is 1. The molecule has 0 spiro atoms. The lowest BCUT2D eigenvalue weighted by molar-refractivity contribution is 0.0197. The highest BCUT2D eigenvalue weighted by molar-refractivity contribution is 5.88. The molecule has 1 N–H and O–H groups in total. The van der Waals surface area contributed by atoms with Crippen molar-refractivity contribution in [1.82, 2.24) is 9.88 Å². The first kappa shape index (κ1) is 19.9. The minimum atomic E-state index is -0.938. The van der Waals surface area contributed by atoms with Crippen LogP contribution in [0, 0.1) is 0 Å². The summed E-state index contributed by atoms with van der Waals surface area (Å²) in [4.78, 5) is 29.7. The van der Waals surface area contributed by atoms with Crippen LogP contribution in [0.3, 0.4) is 0 Å². The van der Waals surface area contributed by atoms with Crippen LogP contribution in [0.2, 0.25) is 0 Å². The van der Waals surface area contributed by atoms with E-state index in [4.69, 9.17) is 9.84 Å². The average Bonchev–Trinajstić information content (AvgIpc) is 2.67. The smallest absolute Gasteiger partial charge is 0.410 e. The van der Waals surface area contributed by atoms with Crippen molar-refractivity contribution < 1.29 is 19.4 Å². The van der Waals surface area contributed by atoms with Gasteiger partial charge in [-0.15, -0.1) is 0 Å².